The summed E-state index contributed by atoms with van der Waals surface area (Å²) in [6.45, 7) is 9.01. The van der Waals surface area contributed by atoms with Crippen molar-refractivity contribution < 1.29 is 4.43 Å². The SMILES string of the molecule is CC1(C)CC(O[SiH3])CC(C)(C)N1. The Morgan fingerprint density at radius 1 is 1.17 bits per heavy atom. The van der Waals surface area contributed by atoms with Gasteiger partial charge in [-0.1, -0.05) is 0 Å². The second kappa shape index (κ2) is 3.12. The van der Waals surface area contributed by atoms with E-state index in [9.17, 15) is 0 Å². The van der Waals surface area contributed by atoms with Crippen LogP contribution < -0.4 is 5.32 Å². The fourth-order valence-electron chi connectivity index (χ4n) is 2.40. The molecule has 0 amide bonds. The largest absolute Gasteiger partial charge is 0.425 e. The molecule has 1 rings (SSSR count). The highest BCUT2D eigenvalue weighted by Gasteiger charge is 2.37. The van der Waals surface area contributed by atoms with Crippen molar-refractivity contribution >= 4 is 10.5 Å². The van der Waals surface area contributed by atoms with Gasteiger partial charge in [-0.15, -0.1) is 0 Å². The summed E-state index contributed by atoms with van der Waals surface area (Å²) in [5.74, 6) is 0. The molecule has 72 valence electrons. The quantitative estimate of drug-likeness (QED) is 0.607. The Balaban J connectivity index is 2.66. The summed E-state index contributed by atoms with van der Waals surface area (Å²) in [6.07, 6.45) is 2.75. The summed E-state index contributed by atoms with van der Waals surface area (Å²) in [7, 11) is 0.860. The molecule has 3 heteroatoms. The molecule has 0 atom stereocenters. The van der Waals surface area contributed by atoms with E-state index in [1.165, 1.54) is 0 Å². The highest BCUT2D eigenvalue weighted by Crippen LogP contribution is 2.29. The average Bonchev–Trinajstić information content (AvgIpc) is 1.80. The molecule has 1 heterocycles. The lowest BCUT2D eigenvalue weighted by atomic mass is 9.81. The zero-order valence-electron chi connectivity index (χ0n) is 8.90. The van der Waals surface area contributed by atoms with Gasteiger partial charge in [0.25, 0.3) is 0 Å². The zero-order chi connectivity index (χ0) is 9.41. The predicted molar refractivity (Wildman–Crippen MR) is 55.3 cm³/mol. The summed E-state index contributed by atoms with van der Waals surface area (Å²) in [5.41, 5.74) is 0.466. The number of rotatable bonds is 1. The minimum absolute atomic E-state index is 0.233. The molecule has 2 nitrogen and oxygen atoms in total. The van der Waals surface area contributed by atoms with Crippen molar-refractivity contribution in [3.8, 4) is 0 Å². The van der Waals surface area contributed by atoms with Crippen LogP contribution in [0.2, 0.25) is 0 Å². The van der Waals surface area contributed by atoms with Gasteiger partial charge in [0.2, 0.25) is 0 Å². The summed E-state index contributed by atoms with van der Waals surface area (Å²) in [6, 6.07) is 0. The number of hydrogen-bond donors (Lipinski definition) is 1. The minimum Gasteiger partial charge on any atom is -0.425 e. The van der Waals surface area contributed by atoms with Crippen molar-refractivity contribution in [2.75, 3.05) is 0 Å². The Morgan fingerprint density at radius 3 is 1.92 bits per heavy atom. The van der Waals surface area contributed by atoms with Crippen molar-refractivity contribution in [3.63, 3.8) is 0 Å². The lowest BCUT2D eigenvalue weighted by molar-refractivity contribution is 0.0618. The van der Waals surface area contributed by atoms with Gasteiger partial charge < -0.3 is 9.74 Å². The molecular weight excluding hydrogens is 166 g/mol. The van der Waals surface area contributed by atoms with Crippen LogP contribution in [0.3, 0.4) is 0 Å². The predicted octanol–water partition coefficient (Wildman–Crippen LogP) is 0.593. The molecule has 0 unspecified atom stereocenters. The van der Waals surface area contributed by atoms with Crippen molar-refractivity contribution in [1.82, 2.24) is 5.32 Å². The lowest BCUT2D eigenvalue weighted by Crippen LogP contribution is -2.59. The van der Waals surface area contributed by atoms with Crippen molar-refractivity contribution in [1.29, 1.82) is 0 Å². The third kappa shape index (κ3) is 2.57. The molecule has 12 heavy (non-hydrogen) atoms. The first-order valence-corrected chi connectivity index (χ1v) is 5.48. The summed E-state index contributed by atoms with van der Waals surface area (Å²) < 4.78 is 5.56. The molecule has 1 saturated heterocycles. The van der Waals surface area contributed by atoms with E-state index in [1.54, 1.807) is 0 Å². The van der Waals surface area contributed by atoms with E-state index >= 15 is 0 Å². The van der Waals surface area contributed by atoms with Gasteiger partial charge in [0.15, 0.2) is 0 Å². The molecule has 0 aliphatic carbocycles. The highest BCUT2D eigenvalue weighted by molar-refractivity contribution is 5.98. The maximum Gasteiger partial charge on any atom is 0.146 e. The van der Waals surface area contributed by atoms with E-state index < -0.39 is 0 Å². The fraction of sp³-hybridized carbons (Fsp3) is 1.00. The number of hydrogen-bond acceptors (Lipinski definition) is 2. The molecule has 0 saturated carbocycles. The molecule has 0 aromatic carbocycles. The molecule has 0 spiro atoms. The molecule has 1 aliphatic heterocycles. The van der Waals surface area contributed by atoms with E-state index in [1.807, 2.05) is 0 Å². The second-order valence-corrected chi connectivity index (χ2v) is 5.63. The molecule has 0 aromatic heterocycles. The van der Waals surface area contributed by atoms with Crippen LogP contribution in [0, 0.1) is 0 Å². The fourth-order valence-corrected chi connectivity index (χ4v) is 2.73. The summed E-state index contributed by atoms with van der Waals surface area (Å²) >= 11 is 0. The van der Waals surface area contributed by atoms with Gasteiger partial charge >= 0.3 is 0 Å². The van der Waals surface area contributed by atoms with E-state index in [0.717, 1.165) is 23.3 Å². The number of nitrogens with one attached hydrogen (secondary N) is 1. The Hall–Kier alpha value is 0.137. The maximum atomic E-state index is 5.56. The molecule has 0 bridgehead atoms. The van der Waals surface area contributed by atoms with Crippen molar-refractivity contribution in [3.05, 3.63) is 0 Å². The van der Waals surface area contributed by atoms with E-state index in [2.05, 4.69) is 33.0 Å². The minimum atomic E-state index is 0.233. The standard InChI is InChI=1S/C9H21NOSi/c1-8(2)5-7(11-12)6-9(3,4)10-8/h7,10H,5-6H2,1-4,12H3. The third-order valence-electron chi connectivity index (χ3n) is 2.49. The Kier molecular flexibility index (Phi) is 2.66. The third-order valence-corrected chi connectivity index (χ3v) is 3.15. The Labute approximate surface area is 78.6 Å². The smallest absolute Gasteiger partial charge is 0.146 e. The first-order valence-electron chi connectivity index (χ1n) is 4.67. The Morgan fingerprint density at radius 2 is 1.58 bits per heavy atom. The first kappa shape index (κ1) is 10.2. The second-order valence-electron chi connectivity index (χ2n) is 5.16. The molecular formula is C9H21NOSi. The van der Waals surface area contributed by atoms with Gasteiger partial charge in [0.1, 0.15) is 10.5 Å². The molecule has 0 aromatic rings. The zero-order valence-corrected chi connectivity index (χ0v) is 10.9. The lowest BCUT2D eigenvalue weighted by Gasteiger charge is -2.46. The topological polar surface area (TPSA) is 21.3 Å². The molecule has 1 N–H and O–H groups in total. The van der Waals surface area contributed by atoms with Crippen LogP contribution in [-0.4, -0.2) is 27.7 Å². The van der Waals surface area contributed by atoms with E-state index in [4.69, 9.17) is 4.43 Å². The van der Waals surface area contributed by atoms with Crippen molar-refractivity contribution in [2.45, 2.75) is 57.7 Å². The molecule has 1 fully saturated rings. The van der Waals surface area contributed by atoms with Crippen LogP contribution in [-0.2, 0) is 4.43 Å². The van der Waals surface area contributed by atoms with Gasteiger partial charge in [0, 0.05) is 17.2 Å². The van der Waals surface area contributed by atoms with E-state index in [0.29, 0.717) is 6.10 Å². The molecule has 0 radical (unpaired) electrons. The van der Waals surface area contributed by atoms with Crippen LogP contribution in [0.15, 0.2) is 0 Å². The maximum absolute atomic E-state index is 5.56. The van der Waals surface area contributed by atoms with Crippen LogP contribution >= 0.6 is 0 Å². The van der Waals surface area contributed by atoms with Gasteiger partial charge in [-0.25, -0.2) is 0 Å². The first-order chi connectivity index (χ1) is 5.35. The summed E-state index contributed by atoms with van der Waals surface area (Å²) in [4.78, 5) is 0. The van der Waals surface area contributed by atoms with Crippen LogP contribution in [0.1, 0.15) is 40.5 Å². The monoisotopic (exact) mass is 187 g/mol. The number of piperidine rings is 1. The van der Waals surface area contributed by atoms with Gasteiger partial charge in [-0.3, -0.25) is 0 Å². The normalized spacial score (nSPS) is 29.0. The molecule has 1 aliphatic rings. The highest BCUT2D eigenvalue weighted by atomic mass is 28.2. The summed E-state index contributed by atoms with van der Waals surface area (Å²) in [5, 5.41) is 3.63. The van der Waals surface area contributed by atoms with Gasteiger partial charge in [-0.2, -0.15) is 0 Å². The van der Waals surface area contributed by atoms with Crippen molar-refractivity contribution in [2.24, 2.45) is 0 Å². The van der Waals surface area contributed by atoms with Crippen LogP contribution in [0.25, 0.3) is 0 Å². The van der Waals surface area contributed by atoms with Gasteiger partial charge in [-0.05, 0) is 40.5 Å². The Bertz CT molecular complexity index is 152. The van der Waals surface area contributed by atoms with Crippen LogP contribution in [0.5, 0.6) is 0 Å². The van der Waals surface area contributed by atoms with Crippen LogP contribution in [0.4, 0.5) is 0 Å². The average molecular weight is 187 g/mol. The van der Waals surface area contributed by atoms with Gasteiger partial charge in [0.05, 0.1) is 0 Å². The van der Waals surface area contributed by atoms with E-state index in [-0.39, 0.29) is 11.1 Å².